The first-order chi connectivity index (χ1) is 30.8. The van der Waals surface area contributed by atoms with Crippen molar-refractivity contribution >= 4 is 17.9 Å². The van der Waals surface area contributed by atoms with E-state index in [4.69, 9.17) is 14.2 Å². The lowest BCUT2D eigenvalue weighted by Crippen LogP contribution is -2.30. The number of carbonyl (C=O) groups excluding carboxylic acids is 3. The van der Waals surface area contributed by atoms with Crippen LogP contribution in [0.15, 0.2) is 0 Å². The first-order valence-corrected chi connectivity index (χ1v) is 28.3. The van der Waals surface area contributed by atoms with Crippen molar-refractivity contribution in [2.24, 2.45) is 11.8 Å². The summed E-state index contributed by atoms with van der Waals surface area (Å²) in [6, 6.07) is 0. The Kier molecular flexibility index (Phi) is 48.6. The molecular formula is C57H110O6. The molecule has 0 aromatic carbocycles. The number of rotatable bonds is 51. The molecule has 0 aromatic rings. The first kappa shape index (κ1) is 61.4. The zero-order valence-electron chi connectivity index (χ0n) is 43.2. The SMILES string of the molecule is CCCCCCCCCCCCCCCCCC(=O)OC[C@@H](COC(=O)CCCCCCCCCCCCCCCC(C)C)OC(=O)CCCCCCCCCCCCC(C)CC. The summed E-state index contributed by atoms with van der Waals surface area (Å²) in [5.41, 5.74) is 0. The van der Waals surface area contributed by atoms with Crippen molar-refractivity contribution in [3.8, 4) is 0 Å². The van der Waals surface area contributed by atoms with Gasteiger partial charge in [-0.25, -0.2) is 0 Å². The molecule has 0 spiro atoms. The molecule has 0 heterocycles. The van der Waals surface area contributed by atoms with Gasteiger partial charge < -0.3 is 14.2 Å². The molecule has 0 radical (unpaired) electrons. The van der Waals surface area contributed by atoms with Gasteiger partial charge in [0.25, 0.3) is 0 Å². The summed E-state index contributed by atoms with van der Waals surface area (Å²) in [7, 11) is 0. The van der Waals surface area contributed by atoms with E-state index < -0.39 is 6.10 Å². The minimum Gasteiger partial charge on any atom is -0.462 e. The van der Waals surface area contributed by atoms with Gasteiger partial charge in [0.15, 0.2) is 6.10 Å². The third-order valence-corrected chi connectivity index (χ3v) is 13.3. The molecule has 0 bridgehead atoms. The zero-order chi connectivity index (χ0) is 46.1. The van der Waals surface area contributed by atoms with Crippen LogP contribution in [0.3, 0.4) is 0 Å². The van der Waals surface area contributed by atoms with Crippen LogP contribution in [-0.2, 0) is 28.6 Å². The second kappa shape index (κ2) is 49.8. The Morgan fingerprint density at radius 3 is 0.905 bits per heavy atom. The zero-order valence-corrected chi connectivity index (χ0v) is 43.2. The van der Waals surface area contributed by atoms with E-state index >= 15 is 0 Å². The Balaban J connectivity index is 4.31. The summed E-state index contributed by atoms with van der Waals surface area (Å²) in [6.45, 7) is 11.4. The molecule has 6 heteroatoms. The highest BCUT2D eigenvalue weighted by molar-refractivity contribution is 5.71. The van der Waals surface area contributed by atoms with Crippen molar-refractivity contribution in [3.63, 3.8) is 0 Å². The second-order valence-corrected chi connectivity index (χ2v) is 20.3. The molecule has 2 atom stereocenters. The minimum atomic E-state index is -0.762. The molecule has 0 aliphatic heterocycles. The number of ether oxygens (including phenoxy) is 3. The van der Waals surface area contributed by atoms with Crippen LogP contribution in [-0.4, -0.2) is 37.2 Å². The summed E-state index contributed by atoms with van der Waals surface area (Å²) < 4.78 is 16.9. The molecule has 0 N–H and O–H groups in total. The fourth-order valence-electron chi connectivity index (χ4n) is 8.66. The van der Waals surface area contributed by atoms with Crippen molar-refractivity contribution in [2.45, 2.75) is 323 Å². The van der Waals surface area contributed by atoms with E-state index in [0.717, 1.165) is 69.6 Å². The first-order valence-electron chi connectivity index (χ1n) is 28.3. The van der Waals surface area contributed by atoms with Crippen molar-refractivity contribution in [3.05, 3.63) is 0 Å². The van der Waals surface area contributed by atoms with Crippen LogP contribution in [0, 0.1) is 11.8 Å². The molecule has 0 aliphatic rings. The van der Waals surface area contributed by atoms with E-state index in [1.165, 1.54) is 205 Å². The lowest BCUT2D eigenvalue weighted by atomic mass is 9.99. The van der Waals surface area contributed by atoms with Crippen molar-refractivity contribution < 1.29 is 28.6 Å². The number of unbranched alkanes of at least 4 members (excludes halogenated alkanes) is 35. The summed E-state index contributed by atoms with van der Waals surface area (Å²) in [5, 5.41) is 0. The number of carbonyl (C=O) groups is 3. The van der Waals surface area contributed by atoms with Crippen LogP contribution in [0.25, 0.3) is 0 Å². The Morgan fingerprint density at radius 1 is 0.333 bits per heavy atom. The van der Waals surface area contributed by atoms with E-state index in [9.17, 15) is 14.4 Å². The van der Waals surface area contributed by atoms with Crippen LogP contribution >= 0.6 is 0 Å². The standard InChI is InChI=1S/C57H110O6/c1-6-8-9-10-11-12-13-14-15-18-21-27-32-37-42-47-55(58)61-50-54(63-57(60)49-44-39-34-29-24-23-26-31-36-41-46-53(5)7-2)51-62-56(59)48-43-38-33-28-22-19-16-17-20-25-30-35-40-45-52(3)4/h52-54H,6-51H2,1-5H3/t53?,54-/m0/s1. The molecule has 0 saturated heterocycles. The molecule has 374 valence electrons. The van der Waals surface area contributed by atoms with Crippen molar-refractivity contribution in [2.75, 3.05) is 13.2 Å². The number of hydrogen-bond acceptors (Lipinski definition) is 6. The van der Waals surface area contributed by atoms with Gasteiger partial charge in [0.05, 0.1) is 0 Å². The van der Waals surface area contributed by atoms with Crippen LogP contribution in [0.4, 0.5) is 0 Å². The summed E-state index contributed by atoms with van der Waals surface area (Å²) in [6.07, 6.45) is 52.2. The monoisotopic (exact) mass is 891 g/mol. The largest absolute Gasteiger partial charge is 0.462 e. The average molecular weight is 892 g/mol. The van der Waals surface area contributed by atoms with Gasteiger partial charge in [-0.05, 0) is 31.1 Å². The Bertz CT molecular complexity index is 964. The van der Waals surface area contributed by atoms with Crippen LogP contribution in [0.2, 0.25) is 0 Å². The molecule has 0 fully saturated rings. The molecule has 1 unspecified atom stereocenters. The lowest BCUT2D eigenvalue weighted by Gasteiger charge is -2.18. The van der Waals surface area contributed by atoms with E-state index in [1.54, 1.807) is 0 Å². The lowest BCUT2D eigenvalue weighted by molar-refractivity contribution is -0.167. The maximum absolute atomic E-state index is 12.8. The molecule has 0 rings (SSSR count). The quantitative estimate of drug-likeness (QED) is 0.0344. The van der Waals surface area contributed by atoms with E-state index in [1.807, 2.05) is 0 Å². The van der Waals surface area contributed by atoms with Gasteiger partial charge in [-0.2, -0.15) is 0 Å². The minimum absolute atomic E-state index is 0.0630. The fourth-order valence-corrected chi connectivity index (χ4v) is 8.66. The summed E-state index contributed by atoms with van der Waals surface area (Å²) in [5.74, 6) is 0.866. The number of hydrogen-bond donors (Lipinski definition) is 0. The van der Waals surface area contributed by atoms with Crippen LogP contribution < -0.4 is 0 Å². The highest BCUT2D eigenvalue weighted by Crippen LogP contribution is 2.18. The normalized spacial score (nSPS) is 12.5. The molecule has 0 saturated carbocycles. The maximum Gasteiger partial charge on any atom is 0.306 e. The second-order valence-electron chi connectivity index (χ2n) is 20.3. The van der Waals surface area contributed by atoms with E-state index in [2.05, 4.69) is 34.6 Å². The molecular weight excluding hydrogens is 781 g/mol. The molecule has 0 aliphatic carbocycles. The van der Waals surface area contributed by atoms with Gasteiger partial charge in [-0.3, -0.25) is 14.4 Å². The van der Waals surface area contributed by atoms with Gasteiger partial charge in [0.2, 0.25) is 0 Å². The Labute approximate surface area is 393 Å². The fraction of sp³-hybridized carbons (Fsp3) is 0.947. The van der Waals surface area contributed by atoms with Gasteiger partial charge in [0, 0.05) is 19.3 Å². The highest BCUT2D eigenvalue weighted by atomic mass is 16.6. The summed E-state index contributed by atoms with van der Waals surface area (Å²) in [4.78, 5) is 38.1. The smallest absolute Gasteiger partial charge is 0.306 e. The third kappa shape index (κ3) is 49.7. The van der Waals surface area contributed by atoms with Gasteiger partial charge in [-0.1, -0.05) is 279 Å². The summed E-state index contributed by atoms with van der Waals surface area (Å²) >= 11 is 0. The van der Waals surface area contributed by atoms with E-state index in [0.29, 0.717) is 19.3 Å². The van der Waals surface area contributed by atoms with Crippen LogP contribution in [0.1, 0.15) is 317 Å². The highest BCUT2D eigenvalue weighted by Gasteiger charge is 2.19. The van der Waals surface area contributed by atoms with Crippen molar-refractivity contribution in [1.82, 2.24) is 0 Å². The van der Waals surface area contributed by atoms with Crippen LogP contribution in [0.5, 0.6) is 0 Å². The molecule has 0 aromatic heterocycles. The Morgan fingerprint density at radius 2 is 0.603 bits per heavy atom. The van der Waals surface area contributed by atoms with E-state index in [-0.39, 0.29) is 31.1 Å². The number of esters is 3. The predicted molar refractivity (Wildman–Crippen MR) is 270 cm³/mol. The topological polar surface area (TPSA) is 78.9 Å². The molecule has 63 heavy (non-hydrogen) atoms. The predicted octanol–water partition coefficient (Wildman–Crippen LogP) is 18.5. The van der Waals surface area contributed by atoms with Gasteiger partial charge >= 0.3 is 17.9 Å². The molecule has 6 nitrogen and oxygen atoms in total. The maximum atomic E-state index is 12.8. The van der Waals surface area contributed by atoms with Gasteiger partial charge in [-0.15, -0.1) is 0 Å². The molecule has 0 amide bonds. The average Bonchev–Trinajstić information content (AvgIpc) is 3.27. The van der Waals surface area contributed by atoms with Gasteiger partial charge in [0.1, 0.15) is 13.2 Å². The van der Waals surface area contributed by atoms with Crippen molar-refractivity contribution in [1.29, 1.82) is 0 Å². The third-order valence-electron chi connectivity index (χ3n) is 13.3. The Hall–Kier alpha value is -1.59.